The second-order valence-electron chi connectivity index (χ2n) is 6.52. The third-order valence-electron chi connectivity index (χ3n) is 4.36. The van der Waals surface area contributed by atoms with E-state index in [0.717, 1.165) is 50.5 Å². The van der Waals surface area contributed by atoms with Crippen molar-refractivity contribution in [2.45, 2.75) is 39.7 Å². The maximum atomic E-state index is 11.9. The van der Waals surface area contributed by atoms with Gasteiger partial charge >= 0.3 is 0 Å². The van der Waals surface area contributed by atoms with E-state index >= 15 is 0 Å². The average Bonchev–Trinajstić information content (AvgIpc) is 3.08. The molecule has 28 heavy (non-hydrogen) atoms. The van der Waals surface area contributed by atoms with Crippen LogP contribution in [0.1, 0.15) is 49.0 Å². The van der Waals surface area contributed by atoms with Crippen LogP contribution in [0.5, 0.6) is 0 Å². The molecule has 0 aromatic heterocycles. The molecule has 2 amide bonds. The maximum Gasteiger partial charge on any atom is 0.251 e. The molecule has 1 aromatic rings. The van der Waals surface area contributed by atoms with Crippen LogP contribution < -0.4 is 16.0 Å². The van der Waals surface area contributed by atoms with Crippen molar-refractivity contribution < 1.29 is 9.59 Å². The molecule has 0 bridgehead atoms. The van der Waals surface area contributed by atoms with Crippen LogP contribution >= 0.6 is 24.0 Å². The second-order valence-corrected chi connectivity index (χ2v) is 6.52. The molecule has 0 unspecified atom stereocenters. The predicted molar refractivity (Wildman–Crippen MR) is 123 cm³/mol. The van der Waals surface area contributed by atoms with Gasteiger partial charge in [-0.15, -0.1) is 24.0 Å². The van der Waals surface area contributed by atoms with Crippen molar-refractivity contribution in [2.24, 2.45) is 4.99 Å². The van der Waals surface area contributed by atoms with Crippen molar-refractivity contribution in [1.82, 2.24) is 20.9 Å². The molecule has 7 nitrogen and oxygen atoms in total. The second kappa shape index (κ2) is 13.4. The quantitative estimate of drug-likeness (QED) is 0.210. The Morgan fingerprint density at radius 2 is 1.96 bits per heavy atom. The molecule has 1 heterocycles. The van der Waals surface area contributed by atoms with Crippen molar-refractivity contribution >= 4 is 41.8 Å². The number of benzene rings is 1. The van der Waals surface area contributed by atoms with Gasteiger partial charge in [-0.3, -0.25) is 9.59 Å². The Kier molecular flexibility index (Phi) is 11.5. The Labute approximate surface area is 184 Å². The molecule has 2 rings (SSSR count). The Bertz CT molecular complexity index is 666. The summed E-state index contributed by atoms with van der Waals surface area (Å²) in [6.07, 6.45) is 2.56. The number of amides is 2. The first kappa shape index (κ1) is 24.2. The Balaban J connectivity index is 0.00000392. The van der Waals surface area contributed by atoms with E-state index in [1.165, 1.54) is 0 Å². The minimum absolute atomic E-state index is 0. The van der Waals surface area contributed by atoms with Gasteiger partial charge in [0.2, 0.25) is 5.91 Å². The van der Waals surface area contributed by atoms with Gasteiger partial charge in [0.05, 0.1) is 6.54 Å². The SMILES string of the molecule is CCNC(=O)c1cccc(CN=C(NCC)NCCCN2CCCC2=O)c1.I. The zero-order valence-electron chi connectivity index (χ0n) is 16.8. The maximum absolute atomic E-state index is 11.9. The minimum Gasteiger partial charge on any atom is -0.357 e. The van der Waals surface area contributed by atoms with E-state index in [-0.39, 0.29) is 35.8 Å². The van der Waals surface area contributed by atoms with Crippen LogP contribution in [0.2, 0.25) is 0 Å². The summed E-state index contributed by atoms with van der Waals surface area (Å²) in [5, 5.41) is 9.34. The highest BCUT2D eigenvalue weighted by Crippen LogP contribution is 2.09. The lowest BCUT2D eigenvalue weighted by atomic mass is 10.1. The van der Waals surface area contributed by atoms with Gasteiger partial charge in [0.1, 0.15) is 0 Å². The molecule has 0 aliphatic carbocycles. The smallest absolute Gasteiger partial charge is 0.251 e. The van der Waals surface area contributed by atoms with Gasteiger partial charge in [-0.2, -0.15) is 0 Å². The highest BCUT2D eigenvalue weighted by Gasteiger charge is 2.18. The number of nitrogens with zero attached hydrogens (tertiary/aromatic N) is 2. The monoisotopic (exact) mass is 501 g/mol. The highest BCUT2D eigenvalue weighted by atomic mass is 127. The number of carbonyl (C=O) groups is 2. The molecular formula is C20H32IN5O2. The lowest BCUT2D eigenvalue weighted by Gasteiger charge is -2.16. The summed E-state index contributed by atoms with van der Waals surface area (Å²) in [6.45, 7) is 8.24. The van der Waals surface area contributed by atoms with Gasteiger partial charge < -0.3 is 20.9 Å². The molecule has 1 aromatic carbocycles. The van der Waals surface area contributed by atoms with Crippen LogP contribution in [0, 0.1) is 0 Å². The number of hydrogen-bond donors (Lipinski definition) is 3. The molecule has 0 atom stereocenters. The van der Waals surface area contributed by atoms with E-state index < -0.39 is 0 Å². The Morgan fingerprint density at radius 3 is 2.64 bits per heavy atom. The van der Waals surface area contributed by atoms with E-state index in [2.05, 4.69) is 20.9 Å². The first-order chi connectivity index (χ1) is 13.1. The number of hydrogen-bond acceptors (Lipinski definition) is 3. The van der Waals surface area contributed by atoms with E-state index in [9.17, 15) is 9.59 Å². The lowest BCUT2D eigenvalue weighted by Crippen LogP contribution is -2.39. The van der Waals surface area contributed by atoms with Gasteiger partial charge in [0.15, 0.2) is 5.96 Å². The highest BCUT2D eigenvalue weighted by molar-refractivity contribution is 14.0. The van der Waals surface area contributed by atoms with E-state index in [0.29, 0.717) is 25.1 Å². The molecule has 1 fully saturated rings. The molecule has 0 radical (unpaired) electrons. The number of rotatable bonds is 9. The number of halogens is 1. The van der Waals surface area contributed by atoms with Gasteiger partial charge in [0.25, 0.3) is 5.91 Å². The standard InChI is InChI=1S/C20H31N5O2.HI/c1-3-21-19(27)17-9-5-8-16(14-17)15-24-20(22-4-2)23-11-7-13-25-12-6-10-18(25)26;/h5,8-9,14H,3-4,6-7,10-13,15H2,1-2H3,(H,21,27)(H2,22,23,24);1H. The first-order valence-corrected chi connectivity index (χ1v) is 9.81. The van der Waals surface area contributed by atoms with Crippen molar-refractivity contribution in [1.29, 1.82) is 0 Å². The molecule has 1 aliphatic rings. The Morgan fingerprint density at radius 1 is 1.18 bits per heavy atom. The average molecular weight is 501 g/mol. The van der Waals surface area contributed by atoms with Gasteiger partial charge in [-0.05, 0) is 44.4 Å². The fraction of sp³-hybridized carbons (Fsp3) is 0.550. The van der Waals surface area contributed by atoms with Crippen molar-refractivity contribution in [2.75, 3.05) is 32.7 Å². The molecule has 156 valence electrons. The summed E-state index contributed by atoms with van der Waals surface area (Å²) in [5.41, 5.74) is 1.64. The molecule has 0 spiro atoms. The van der Waals surface area contributed by atoms with Crippen LogP contribution in [0.15, 0.2) is 29.3 Å². The normalized spacial score (nSPS) is 13.9. The van der Waals surface area contributed by atoms with Crippen molar-refractivity contribution in [3.8, 4) is 0 Å². The number of guanidine groups is 1. The summed E-state index contributed by atoms with van der Waals surface area (Å²) >= 11 is 0. The lowest BCUT2D eigenvalue weighted by molar-refractivity contribution is -0.127. The van der Waals surface area contributed by atoms with Gasteiger partial charge in [0, 0.05) is 44.7 Å². The van der Waals surface area contributed by atoms with E-state index in [1.54, 1.807) is 6.07 Å². The summed E-state index contributed by atoms with van der Waals surface area (Å²) in [7, 11) is 0. The van der Waals surface area contributed by atoms with Crippen LogP contribution in [-0.4, -0.2) is 55.4 Å². The molecule has 0 saturated carbocycles. The molecule has 3 N–H and O–H groups in total. The molecule has 1 aliphatic heterocycles. The van der Waals surface area contributed by atoms with Crippen LogP contribution in [0.25, 0.3) is 0 Å². The molecule has 1 saturated heterocycles. The first-order valence-electron chi connectivity index (χ1n) is 9.81. The van der Waals surface area contributed by atoms with Crippen molar-refractivity contribution in [3.05, 3.63) is 35.4 Å². The van der Waals surface area contributed by atoms with Crippen molar-refractivity contribution in [3.63, 3.8) is 0 Å². The zero-order chi connectivity index (χ0) is 19.5. The van der Waals surface area contributed by atoms with Gasteiger partial charge in [-0.25, -0.2) is 4.99 Å². The zero-order valence-corrected chi connectivity index (χ0v) is 19.1. The van der Waals surface area contributed by atoms with E-state index in [1.807, 2.05) is 36.9 Å². The number of aliphatic imine (C=N–C) groups is 1. The number of likely N-dealkylation sites (tertiary alicyclic amines) is 1. The molecule has 8 heteroatoms. The van der Waals surface area contributed by atoms with E-state index in [4.69, 9.17) is 0 Å². The topological polar surface area (TPSA) is 85.8 Å². The number of nitrogens with one attached hydrogen (secondary N) is 3. The summed E-state index contributed by atoms with van der Waals surface area (Å²) in [4.78, 5) is 30.1. The van der Waals surface area contributed by atoms with Crippen LogP contribution in [0.4, 0.5) is 0 Å². The number of carbonyl (C=O) groups excluding carboxylic acids is 2. The Hall–Kier alpha value is -1.84. The fourth-order valence-corrected chi connectivity index (χ4v) is 3.00. The third-order valence-corrected chi connectivity index (χ3v) is 4.36. The van der Waals surface area contributed by atoms with Gasteiger partial charge in [-0.1, -0.05) is 12.1 Å². The molecular weight excluding hydrogens is 469 g/mol. The largest absolute Gasteiger partial charge is 0.357 e. The third kappa shape index (κ3) is 8.04. The summed E-state index contributed by atoms with van der Waals surface area (Å²) in [5.74, 6) is 0.945. The fourth-order valence-electron chi connectivity index (χ4n) is 3.00. The summed E-state index contributed by atoms with van der Waals surface area (Å²) < 4.78 is 0. The minimum atomic E-state index is -0.0650. The summed E-state index contributed by atoms with van der Waals surface area (Å²) in [6, 6.07) is 7.52. The van der Waals surface area contributed by atoms with Crippen LogP contribution in [0.3, 0.4) is 0 Å². The van der Waals surface area contributed by atoms with Crippen LogP contribution in [-0.2, 0) is 11.3 Å². The predicted octanol–water partition coefficient (Wildman–Crippen LogP) is 2.12.